The summed E-state index contributed by atoms with van der Waals surface area (Å²) in [4.78, 5) is 17.5. The van der Waals surface area contributed by atoms with Crippen LogP contribution in [0.25, 0.3) is 22.2 Å². The average Bonchev–Trinajstić information content (AvgIpc) is 2.78. The molecule has 1 aromatic heterocycles. The Kier molecular flexibility index (Phi) is 5.49. The van der Waals surface area contributed by atoms with Crippen molar-refractivity contribution in [3.63, 3.8) is 0 Å². The van der Waals surface area contributed by atoms with Crippen LogP contribution in [0.3, 0.4) is 0 Å². The predicted molar refractivity (Wildman–Crippen MR) is 114 cm³/mol. The van der Waals surface area contributed by atoms with Crippen LogP contribution in [0.5, 0.6) is 0 Å². The molecule has 0 spiro atoms. The second kappa shape index (κ2) is 8.39. The molecule has 154 valence electrons. The van der Waals surface area contributed by atoms with E-state index in [9.17, 15) is 18.0 Å². The number of hydrazone groups is 1. The van der Waals surface area contributed by atoms with Crippen LogP contribution in [-0.2, 0) is 6.18 Å². The third-order valence-electron chi connectivity index (χ3n) is 4.67. The molecule has 0 fully saturated rings. The molecule has 0 aliphatic carbocycles. The van der Waals surface area contributed by atoms with Gasteiger partial charge in [0.25, 0.3) is 5.91 Å². The Labute approximate surface area is 176 Å². The summed E-state index contributed by atoms with van der Waals surface area (Å²) in [5.41, 5.74) is 3.76. The molecule has 0 atom stereocenters. The van der Waals surface area contributed by atoms with Crippen molar-refractivity contribution < 1.29 is 18.0 Å². The van der Waals surface area contributed by atoms with Crippen molar-refractivity contribution in [2.45, 2.75) is 6.18 Å². The van der Waals surface area contributed by atoms with E-state index < -0.39 is 17.6 Å². The third kappa shape index (κ3) is 4.45. The quantitative estimate of drug-likeness (QED) is 0.342. The molecule has 4 rings (SSSR count). The minimum Gasteiger partial charge on any atom is -0.267 e. The Bertz CT molecular complexity index is 1270. The number of nitrogens with one attached hydrogen (secondary N) is 1. The van der Waals surface area contributed by atoms with Gasteiger partial charge in [0.05, 0.1) is 28.6 Å². The highest BCUT2D eigenvalue weighted by atomic mass is 19.4. The van der Waals surface area contributed by atoms with Crippen molar-refractivity contribution in [3.8, 4) is 11.3 Å². The number of hydrogen-bond acceptors (Lipinski definition) is 3. The highest BCUT2D eigenvalue weighted by molar-refractivity contribution is 6.07. The van der Waals surface area contributed by atoms with E-state index in [1.54, 1.807) is 24.3 Å². The molecular weight excluding hydrogens is 403 g/mol. The molecule has 3 aromatic carbocycles. The third-order valence-corrected chi connectivity index (χ3v) is 4.67. The zero-order valence-corrected chi connectivity index (χ0v) is 16.1. The van der Waals surface area contributed by atoms with Crippen LogP contribution in [0, 0.1) is 0 Å². The molecule has 1 amide bonds. The summed E-state index contributed by atoms with van der Waals surface area (Å²) in [6.07, 6.45) is -3.53. The molecule has 0 bridgehead atoms. The lowest BCUT2D eigenvalue weighted by atomic mass is 10.0. The van der Waals surface area contributed by atoms with Gasteiger partial charge in [-0.3, -0.25) is 4.79 Å². The van der Waals surface area contributed by atoms with Gasteiger partial charge in [-0.25, -0.2) is 10.4 Å². The Morgan fingerprint density at radius 3 is 2.35 bits per heavy atom. The smallest absolute Gasteiger partial charge is 0.267 e. The summed E-state index contributed by atoms with van der Waals surface area (Å²) in [7, 11) is 0. The van der Waals surface area contributed by atoms with Gasteiger partial charge in [-0.15, -0.1) is 0 Å². The van der Waals surface area contributed by atoms with E-state index in [2.05, 4.69) is 15.5 Å². The van der Waals surface area contributed by atoms with E-state index in [0.29, 0.717) is 22.2 Å². The molecular formula is C24H16F3N3O. The number of alkyl halides is 3. The van der Waals surface area contributed by atoms with Gasteiger partial charge in [0.1, 0.15) is 0 Å². The van der Waals surface area contributed by atoms with Crippen LogP contribution in [0.15, 0.2) is 90.0 Å². The van der Waals surface area contributed by atoms with Crippen LogP contribution in [0.1, 0.15) is 21.5 Å². The minimum atomic E-state index is -4.52. The highest BCUT2D eigenvalue weighted by Crippen LogP contribution is 2.31. The van der Waals surface area contributed by atoms with Crippen LogP contribution in [0.4, 0.5) is 13.2 Å². The lowest BCUT2D eigenvalue weighted by Gasteiger charge is -2.10. The van der Waals surface area contributed by atoms with E-state index >= 15 is 0 Å². The van der Waals surface area contributed by atoms with Gasteiger partial charge in [0.2, 0.25) is 0 Å². The summed E-state index contributed by atoms with van der Waals surface area (Å²) >= 11 is 0. The van der Waals surface area contributed by atoms with Gasteiger partial charge in [0.15, 0.2) is 0 Å². The average molecular weight is 419 g/mol. The first kappa shape index (κ1) is 20.3. The number of fused-ring (bicyclic) bond motifs is 1. The van der Waals surface area contributed by atoms with E-state index in [1.807, 2.05) is 36.4 Å². The summed E-state index contributed by atoms with van der Waals surface area (Å²) < 4.78 is 39.4. The number of carbonyl (C=O) groups is 1. The molecule has 0 radical (unpaired) electrons. The number of halogens is 3. The fourth-order valence-corrected chi connectivity index (χ4v) is 3.21. The molecule has 4 nitrogen and oxygen atoms in total. The molecule has 7 heteroatoms. The lowest BCUT2D eigenvalue weighted by Crippen LogP contribution is -2.19. The standard InChI is InChI=1S/C24H16F3N3O/c25-24(26,27)20-12-6-4-10-17(20)15-28-30-23(31)19-14-22(16-8-2-1-3-9-16)29-21-13-7-5-11-18(19)21/h1-15H,(H,30,31)/b28-15-. The molecule has 0 unspecified atom stereocenters. The second-order valence-electron chi connectivity index (χ2n) is 6.72. The number of nitrogens with zero attached hydrogens (tertiary/aromatic N) is 2. The number of para-hydroxylation sites is 1. The molecule has 1 heterocycles. The normalized spacial score (nSPS) is 11.7. The first-order valence-corrected chi connectivity index (χ1v) is 9.38. The molecule has 1 N–H and O–H groups in total. The topological polar surface area (TPSA) is 54.4 Å². The van der Waals surface area contributed by atoms with Crippen molar-refractivity contribution in [1.29, 1.82) is 0 Å². The number of pyridine rings is 1. The summed E-state index contributed by atoms with van der Waals surface area (Å²) in [5.74, 6) is -0.545. The van der Waals surface area contributed by atoms with Gasteiger partial charge >= 0.3 is 6.18 Å². The Morgan fingerprint density at radius 1 is 0.903 bits per heavy atom. The summed E-state index contributed by atoms with van der Waals surface area (Å²) in [6.45, 7) is 0. The maximum absolute atomic E-state index is 13.1. The molecule has 0 aliphatic rings. The minimum absolute atomic E-state index is 0.139. The number of rotatable bonds is 4. The summed E-state index contributed by atoms with van der Waals surface area (Å²) in [6, 6.07) is 23.2. The first-order valence-electron chi connectivity index (χ1n) is 9.38. The van der Waals surface area contributed by atoms with E-state index in [0.717, 1.165) is 17.8 Å². The summed E-state index contributed by atoms with van der Waals surface area (Å²) in [5, 5.41) is 4.37. The molecule has 31 heavy (non-hydrogen) atoms. The van der Waals surface area contributed by atoms with Crippen molar-refractivity contribution >= 4 is 23.0 Å². The molecule has 0 saturated carbocycles. The zero-order chi connectivity index (χ0) is 21.8. The van der Waals surface area contributed by atoms with E-state index in [-0.39, 0.29) is 5.56 Å². The Balaban J connectivity index is 1.66. The maximum Gasteiger partial charge on any atom is 0.417 e. The zero-order valence-electron chi connectivity index (χ0n) is 16.1. The second-order valence-corrected chi connectivity index (χ2v) is 6.72. The van der Waals surface area contributed by atoms with Crippen molar-refractivity contribution in [1.82, 2.24) is 10.4 Å². The monoisotopic (exact) mass is 419 g/mol. The van der Waals surface area contributed by atoms with Crippen LogP contribution in [-0.4, -0.2) is 17.1 Å². The number of hydrogen-bond donors (Lipinski definition) is 1. The van der Waals surface area contributed by atoms with Crippen molar-refractivity contribution in [3.05, 3.63) is 102 Å². The largest absolute Gasteiger partial charge is 0.417 e. The van der Waals surface area contributed by atoms with Gasteiger partial charge in [-0.2, -0.15) is 18.3 Å². The number of amides is 1. The molecule has 0 saturated heterocycles. The molecule has 4 aromatic rings. The Hall–Kier alpha value is -4.00. The van der Waals surface area contributed by atoms with E-state index in [1.165, 1.54) is 18.2 Å². The maximum atomic E-state index is 13.1. The fourth-order valence-electron chi connectivity index (χ4n) is 3.21. The van der Waals surface area contributed by atoms with Crippen molar-refractivity contribution in [2.24, 2.45) is 5.10 Å². The van der Waals surface area contributed by atoms with Crippen LogP contribution in [0.2, 0.25) is 0 Å². The predicted octanol–water partition coefficient (Wildman–Crippen LogP) is 5.68. The van der Waals surface area contributed by atoms with Gasteiger partial charge in [0, 0.05) is 16.5 Å². The van der Waals surface area contributed by atoms with Crippen LogP contribution >= 0.6 is 0 Å². The molecule has 0 aliphatic heterocycles. The lowest BCUT2D eigenvalue weighted by molar-refractivity contribution is -0.137. The van der Waals surface area contributed by atoms with Gasteiger partial charge in [-0.05, 0) is 18.2 Å². The SMILES string of the molecule is O=C(N/N=C\c1ccccc1C(F)(F)F)c1cc(-c2ccccc2)nc2ccccc12. The Morgan fingerprint density at radius 2 is 1.58 bits per heavy atom. The fraction of sp³-hybridized carbons (Fsp3) is 0.0417. The van der Waals surface area contributed by atoms with Crippen LogP contribution < -0.4 is 5.43 Å². The van der Waals surface area contributed by atoms with Gasteiger partial charge < -0.3 is 0 Å². The van der Waals surface area contributed by atoms with Gasteiger partial charge in [-0.1, -0.05) is 66.7 Å². The number of aromatic nitrogens is 1. The van der Waals surface area contributed by atoms with E-state index in [4.69, 9.17) is 0 Å². The highest BCUT2D eigenvalue weighted by Gasteiger charge is 2.32. The number of carbonyl (C=O) groups excluding carboxylic acids is 1. The first-order chi connectivity index (χ1) is 14.9. The number of benzene rings is 3. The van der Waals surface area contributed by atoms with Crippen molar-refractivity contribution in [2.75, 3.05) is 0 Å².